The van der Waals surface area contributed by atoms with Gasteiger partial charge in [-0.2, -0.15) is 0 Å². The van der Waals surface area contributed by atoms with Crippen molar-refractivity contribution < 1.29 is 19.7 Å². The molecule has 0 saturated heterocycles. The molecule has 20 heavy (non-hydrogen) atoms. The molecule has 1 aromatic rings. The van der Waals surface area contributed by atoms with Crippen molar-refractivity contribution in [2.24, 2.45) is 0 Å². The number of hydrogen-bond donors (Lipinski definition) is 3. The number of phenolic OH excluding ortho intramolecular Hbond substituents is 1. The molecule has 0 aromatic heterocycles. The first kappa shape index (κ1) is 14.7. The number of phenols is 1. The second-order valence-electron chi connectivity index (χ2n) is 6.37. The van der Waals surface area contributed by atoms with E-state index in [1.165, 1.54) is 6.07 Å². The zero-order chi connectivity index (χ0) is 15.0. The Morgan fingerprint density at radius 1 is 1.40 bits per heavy atom. The first-order valence-electron chi connectivity index (χ1n) is 6.71. The van der Waals surface area contributed by atoms with Gasteiger partial charge >= 0.3 is 6.09 Å². The fraction of sp³-hybridized carbons (Fsp3) is 0.533. The minimum atomic E-state index is -0.696. The molecule has 0 atom stereocenters. The third kappa shape index (κ3) is 4.13. The summed E-state index contributed by atoms with van der Waals surface area (Å²) in [6.07, 6.45) is 1.35. The first-order valence-corrected chi connectivity index (χ1v) is 6.71. The largest absolute Gasteiger partial charge is 0.508 e. The molecule has 5 heteroatoms. The Balaban J connectivity index is 2.12. The number of ether oxygens (including phenoxy) is 1. The second-order valence-corrected chi connectivity index (χ2v) is 6.37. The SMILES string of the molecule is CC(C)(C)OC(=O)Nc1ccc(O)cc1CC1(O)CC1. The van der Waals surface area contributed by atoms with Crippen molar-refractivity contribution in [2.45, 2.75) is 51.2 Å². The van der Waals surface area contributed by atoms with Gasteiger partial charge in [0.2, 0.25) is 0 Å². The van der Waals surface area contributed by atoms with Crippen LogP contribution in [0.1, 0.15) is 39.2 Å². The second kappa shape index (κ2) is 4.98. The van der Waals surface area contributed by atoms with Gasteiger partial charge in [0.25, 0.3) is 0 Å². The number of anilines is 1. The minimum Gasteiger partial charge on any atom is -0.508 e. The van der Waals surface area contributed by atoms with E-state index in [1.807, 2.05) is 0 Å². The van der Waals surface area contributed by atoms with E-state index in [0.29, 0.717) is 17.7 Å². The molecule has 5 nitrogen and oxygen atoms in total. The highest BCUT2D eigenvalue weighted by Gasteiger charge is 2.40. The molecule has 2 rings (SSSR count). The molecule has 1 saturated carbocycles. The van der Waals surface area contributed by atoms with Crippen LogP contribution in [0.4, 0.5) is 10.5 Å². The maximum Gasteiger partial charge on any atom is 0.412 e. The predicted octanol–water partition coefficient (Wildman–Crippen LogP) is 2.81. The van der Waals surface area contributed by atoms with Crippen LogP contribution in [0.5, 0.6) is 5.75 Å². The van der Waals surface area contributed by atoms with E-state index in [-0.39, 0.29) is 5.75 Å². The minimum absolute atomic E-state index is 0.110. The van der Waals surface area contributed by atoms with Crippen LogP contribution in [0.2, 0.25) is 0 Å². The van der Waals surface area contributed by atoms with E-state index >= 15 is 0 Å². The van der Waals surface area contributed by atoms with Gasteiger partial charge in [-0.3, -0.25) is 5.32 Å². The summed E-state index contributed by atoms with van der Waals surface area (Å²) in [5.41, 5.74) is -0.0122. The maximum absolute atomic E-state index is 11.8. The number of amides is 1. The van der Waals surface area contributed by atoms with Crippen molar-refractivity contribution in [1.82, 2.24) is 0 Å². The van der Waals surface area contributed by atoms with Crippen LogP contribution < -0.4 is 5.32 Å². The summed E-state index contributed by atoms with van der Waals surface area (Å²) in [6, 6.07) is 4.66. The van der Waals surface area contributed by atoms with Crippen molar-refractivity contribution >= 4 is 11.8 Å². The normalized spacial score (nSPS) is 16.6. The third-order valence-electron chi connectivity index (χ3n) is 3.07. The van der Waals surface area contributed by atoms with Crippen LogP contribution >= 0.6 is 0 Å². The van der Waals surface area contributed by atoms with E-state index in [2.05, 4.69) is 5.32 Å². The molecule has 1 fully saturated rings. The number of nitrogens with one attached hydrogen (secondary N) is 1. The fourth-order valence-electron chi connectivity index (χ4n) is 1.94. The Labute approximate surface area is 118 Å². The lowest BCUT2D eigenvalue weighted by atomic mass is 10.0. The van der Waals surface area contributed by atoms with Gasteiger partial charge in [-0.25, -0.2) is 4.79 Å². The van der Waals surface area contributed by atoms with Crippen LogP contribution in [-0.4, -0.2) is 27.5 Å². The van der Waals surface area contributed by atoms with E-state index < -0.39 is 17.3 Å². The molecule has 0 bridgehead atoms. The molecular formula is C15H21NO4. The molecular weight excluding hydrogens is 258 g/mol. The number of hydrogen-bond acceptors (Lipinski definition) is 4. The monoisotopic (exact) mass is 279 g/mol. The summed E-state index contributed by atoms with van der Waals surface area (Å²) < 4.78 is 5.20. The lowest BCUT2D eigenvalue weighted by Crippen LogP contribution is -2.27. The van der Waals surface area contributed by atoms with Crippen LogP contribution in [-0.2, 0) is 11.2 Å². The molecule has 0 radical (unpaired) electrons. The zero-order valence-corrected chi connectivity index (χ0v) is 12.1. The van der Waals surface area contributed by atoms with Gasteiger partial charge in [-0.05, 0) is 57.4 Å². The zero-order valence-electron chi connectivity index (χ0n) is 12.1. The van der Waals surface area contributed by atoms with Crippen molar-refractivity contribution in [1.29, 1.82) is 0 Å². The Kier molecular flexibility index (Phi) is 3.65. The number of aliphatic hydroxyl groups is 1. The summed E-state index contributed by atoms with van der Waals surface area (Å²) in [7, 11) is 0. The lowest BCUT2D eigenvalue weighted by Gasteiger charge is -2.21. The predicted molar refractivity (Wildman–Crippen MR) is 75.9 cm³/mol. The summed E-state index contributed by atoms with van der Waals surface area (Å²) in [4.78, 5) is 11.8. The Morgan fingerprint density at radius 3 is 2.60 bits per heavy atom. The number of rotatable bonds is 3. The molecule has 1 amide bonds. The Morgan fingerprint density at radius 2 is 2.05 bits per heavy atom. The summed E-state index contributed by atoms with van der Waals surface area (Å²) in [6.45, 7) is 5.37. The first-order chi connectivity index (χ1) is 9.17. The van der Waals surface area contributed by atoms with Gasteiger partial charge in [-0.1, -0.05) is 0 Å². The molecule has 0 unspecified atom stereocenters. The van der Waals surface area contributed by atoms with Crippen molar-refractivity contribution in [3.05, 3.63) is 23.8 Å². The number of benzene rings is 1. The van der Waals surface area contributed by atoms with Gasteiger partial charge in [0.15, 0.2) is 0 Å². The van der Waals surface area contributed by atoms with Gasteiger partial charge in [0.1, 0.15) is 11.4 Å². The molecule has 1 aliphatic carbocycles. The summed E-state index contributed by atoms with van der Waals surface area (Å²) in [5, 5.41) is 22.2. The highest BCUT2D eigenvalue weighted by molar-refractivity contribution is 5.86. The smallest absolute Gasteiger partial charge is 0.412 e. The Hall–Kier alpha value is -1.75. The number of aromatic hydroxyl groups is 1. The van der Waals surface area contributed by atoms with Gasteiger partial charge in [0.05, 0.1) is 5.60 Å². The molecule has 1 aliphatic rings. The number of carbonyl (C=O) groups excluding carboxylic acids is 1. The van der Waals surface area contributed by atoms with E-state index in [1.54, 1.807) is 32.9 Å². The standard InChI is InChI=1S/C15H21NO4/c1-14(2,3)20-13(18)16-12-5-4-11(17)8-10(12)9-15(19)6-7-15/h4-5,8,17,19H,6-7,9H2,1-3H3,(H,16,18). The van der Waals surface area contributed by atoms with Crippen molar-refractivity contribution in [2.75, 3.05) is 5.32 Å². The Bertz CT molecular complexity index is 515. The molecule has 0 heterocycles. The molecule has 0 aliphatic heterocycles. The summed E-state index contributed by atoms with van der Waals surface area (Å²) >= 11 is 0. The fourth-order valence-corrected chi connectivity index (χ4v) is 1.94. The maximum atomic E-state index is 11.8. The highest BCUT2D eigenvalue weighted by Crippen LogP contribution is 2.40. The van der Waals surface area contributed by atoms with Crippen LogP contribution in [0, 0.1) is 0 Å². The van der Waals surface area contributed by atoms with Gasteiger partial charge in [-0.15, -0.1) is 0 Å². The average Bonchev–Trinajstić information content (AvgIpc) is 2.97. The lowest BCUT2D eigenvalue weighted by molar-refractivity contribution is 0.0635. The average molecular weight is 279 g/mol. The quantitative estimate of drug-likeness (QED) is 0.743. The van der Waals surface area contributed by atoms with E-state index in [9.17, 15) is 15.0 Å². The van der Waals surface area contributed by atoms with Gasteiger partial charge < -0.3 is 14.9 Å². The molecule has 0 spiro atoms. The van der Waals surface area contributed by atoms with Crippen molar-refractivity contribution in [3.63, 3.8) is 0 Å². The molecule has 1 aromatic carbocycles. The topological polar surface area (TPSA) is 78.8 Å². The third-order valence-corrected chi connectivity index (χ3v) is 3.07. The number of carbonyl (C=O) groups is 1. The molecule has 3 N–H and O–H groups in total. The van der Waals surface area contributed by atoms with Crippen LogP contribution in [0.25, 0.3) is 0 Å². The molecule has 110 valence electrons. The van der Waals surface area contributed by atoms with Crippen molar-refractivity contribution in [3.8, 4) is 5.75 Å². The van der Waals surface area contributed by atoms with Crippen LogP contribution in [0.15, 0.2) is 18.2 Å². The van der Waals surface area contributed by atoms with E-state index in [4.69, 9.17) is 4.74 Å². The van der Waals surface area contributed by atoms with Crippen LogP contribution in [0.3, 0.4) is 0 Å². The highest BCUT2D eigenvalue weighted by atomic mass is 16.6. The van der Waals surface area contributed by atoms with E-state index in [0.717, 1.165) is 12.8 Å². The van der Waals surface area contributed by atoms with Gasteiger partial charge in [0, 0.05) is 12.1 Å². The summed E-state index contributed by atoms with van der Waals surface area (Å²) in [5.74, 6) is 0.110.